The highest BCUT2D eigenvalue weighted by atomic mass is 16.4. The number of aliphatic hydroxyl groups excluding tert-OH is 1. The third-order valence-corrected chi connectivity index (χ3v) is 14.1. The molecular formula is C30H50O4. The fourth-order valence-electron chi connectivity index (χ4n) is 11.7. The summed E-state index contributed by atoms with van der Waals surface area (Å²) in [5.41, 5.74) is -1.38. The van der Waals surface area contributed by atoms with E-state index in [1.54, 1.807) is 0 Å². The van der Waals surface area contributed by atoms with Crippen molar-refractivity contribution in [3.8, 4) is 0 Å². The van der Waals surface area contributed by atoms with Crippen LogP contribution in [-0.2, 0) is 4.79 Å². The van der Waals surface area contributed by atoms with Crippen molar-refractivity contribution in [1.29, 1.82) is 0 Å². The maximum atomic E-state index is 12.9. The number of rotatable bonds is 1. The Kier molecular flexibility index (Phi) is 5.34. The third kappa shape index (κ3) is 2.77. The highest BCUT2D eigenvalue weighted by Gasteiger charge is 2.73. The molecule has 0 aromatic rings. The Morgan fingerprint density at radius 3 is 2.09 bits per heavy atom. The molecular weight excluding hydrogens is 424 g/mol. The van der Waals surface area contributed by atoms with Gasteiger partial charge in [-0.25, -0.2) is 0 Å². The topological polar surface area (TPSA) is 77.8 Å². The first kappa shape index (κ1) is 25.1. The summed E-state index contributed by atoms with van der Waals surface area (Å²) >= 11 is 0. The minimum Gasteiger partial charge on any atom is -0.481 e. The minimum atomic E-state index is -0.940. The smallest absolute Gasteiger partial charge is 0.310 e. The molecule has 5 aliphatic rings. The molecule has 0 unspecified atom stereocenters. The fourth-order valence-corrected chi connectivity index (χ4v) is 11.7. The molecule has 0 amide bonds. The van der Waals surface area contributed by atoms with Gasteiger partial charge in [-0.3, -0.25) is 4.79 Å². The molecule has 0 radical (unpaired) electrons. The number of aliphatic hydroxyl groups is 2. The van der Waals surface area contributed by atoms with E-state index in [0.29, 0.717) is 24.7 Å². The Morgan fingerprint density at radius 1 is 0.765 bits per heavy atom. The lowest BCUT2D eigenvalue weighted by Crippen LogP contribution is -2.70. The van der Waals surface area contributed by atoms with Crippen LogP contribution in [0.4, 0.5) is 0 Å². The van der Waals surface area contributed by atoms with E-state index in [0.717, 1.165) is 51.4 Å². The van der Waals surface area contributed by atoms with Gasteiger partial charge in [-0.15, -0.1) is 0 Å². The van der Waals surface area contributed by atoms with Crippen molar-refractivity contribution in [2.75, 3.05) is 0 Å². The number of fused-ring (bicyclic) bond motifs is 7. The molecule has 0 aliphatic heterocycles. The van der Waals surface area contributed by atoms with Crippen molar-refractivity contribution < 1.29 is 20.1 Å². The van der Waals surface area contributed by atoms with Crippen LogP contribution in [-0.4, -0.2) is 33.0 Å². The first-order valence-corrected chi connectivity index (χ1v) is 14.2. The van der Waals surface area contributed by atoms with Gasteiger partial charge in [0.05, 0.1) is 17.1 Å². The molecule has 0 heterocycles. The van der Waals surface area contributed by atoms with Crippen LogP contribution in [0.1, 0.15) is 113 Å². The van der Waals surface area contributed by atoms with E-state index in [4.69, 9.17) is 0 Å². The summed E-state index contributed by atoms with van der Waals surface area (Å²) in [5.74, 6) is 0.660. The van der Waals surface area contributed by atoms with Crippen LogP contribution in [0.5, 0.6) is 0 Å². The molecule has 34 heavy (non-hydrogen) atoms. The Balaban J connectivity index is 1.58. The molecule has 0 saturated heterocycles. The number of hydrogen-bond acceptors (Lipinski definition) is 3. The Labute approximate surface area is 207 Å². The van der Waals surface area contributed by atoms with Gasteiger partial charge in [0.2, 0.25) is 0 Å². The van der Waals surface area contributed by atoms with Gasteiger partial charge in [-0.05, 0) is 116 Å². The first-order valence-electron chi connectivity index (χ1n) is 14.2. The van der Waals surface area contributed by atoms with Crippen LogP contribution >= 0.6 is 0 Å². The van der Waals surface area contributed by atoms with Crippen molar-refractivity contribution in [2.45, 2.75) is 124 Å². The predicted octanol–water partition coefficient (Wildman–Crippen LogP) is 6.28. The summed E-state index contributed by atoms with van der Waals surface area (Å²) < 4.78 is 0. The van der Waals surface area contributed by atoms with E-state index in [2.05, 4.69) is 41.5 Å². The number of carboxylic acids is 1. The van der Waals surface area contributed by atoms with Gasteiger partial charge in [0.1, 0.15) is 0 Å². The van der Waals surface area contributed by atoms with Gasteiger partial charge in [0.15, 0.2) is 0 Å². The van der Waals surface area contributed by atoms with Crippen molar-refractivity contribution in [1.82, 2.24) is 0 Å². The molecule has 194 valence electrons. The Bertz CT molecular complexity index is 864. The quantitative estimate of drug-likeness (QED) is 0.418. The summed E-state index contributed by atoms with van der Waals surface area (Å²) in [6.07, 6.45) is 9.43. The largest absolute Gasteiger partial charge is 0.481 e. The highest BCUT2D eigenvalue weighted by molar-refractivity contribution is 5.76. The lowest BCUT2D eigenvalue weighted by atomic mass is 9.31. The van der Waals surface area contributed by atoms with Gasteiger partial charge in [0.25, 0.3) is 0 Å². The van der Waals surface area contributed by atoms with Crippen molar-refractivity contribution in [3.63, 3.8) is 0 Å². The second-order valence-corrected chi connectivity index (χ2v) is 15.1. The number of hydrogen-bond donors (Lipinski definition) is 3. The van der Waals surface area contributed by atoms with E-state index in [1.807, 2.05) is 6.92 Å². The van der Waals surface area contributed by atoms with E-state index in [-0.39, 0.29) is 45.5 Å². The Hall–Kier alpha value is -0.610. The minimum absolute atomic E-state index is 0.0365. The summed E-state index contributed by atoms with van der Waals surface area (Å²) in [6, 6.07) is 0. The molecule has 5 rings (SSSR count). The summed E-state index contributed by atoms with van der Waals surface area (Å²) in [6.45, 7) is 16.2. The fraction of sp³-hybridized carbons (Fsp3) is 0.967. The van der Waals surface area contributed by atoms with Crippen molar-refractivity contribution in [2.24, 2.45) is 56.7 Å². The van der Waals surface area contributed by atoms with Gasteiger partial charge >= 0.3 is 5.97 Å². The molecule has 0 aromatic heterocycles. The molecule has 3 N–H and O–H groups in total. The summed E-state index contributed by atoms with van der Waals surface area (Å²) in [5, 5.41) is 33.4. The average Bonchev–Trinajstić information content (AvgIpc) is 2.74. The Morgan fingerprint density at radius 2 is 1.44 bits per heavy atom. The van der Waals surface area contributed by atoms with Crippen LogP contribution in [0.25, 0.3) is 0 Å². The maximum Gasteiger partial charge on any atom is 0.310 e. The zero-order chi connectivity index (χ0) is 25.1. The average molecular weight is 475 g/mol. The molecule has 11 atom stereocenters. The van der Waals surface area contributed by atoms with Gasteiger partial charge in [0, 0.05) is 5.92 Å². The first-order chi connectivity index (χ1) is 15.6. The summed E-state index contributed by atoms with van der Waals surface area (Å²) in [4.78, 5) is 12.9. The molecule has 4 nitrogen and oxygen atoms in total. The predicted molar refractivity (Wildman–Crippen MR) is 134 cm³/mol. The monoisotopic (exact) mass is 474 g/mol. The van der Waals surface area contributed by atoms with Crippen molar-refractivity contribution >= 4 is 5.97 Å². The molecule has 0 aromatic carbocycles. The molecule has 5 aliphatic carbocycles. The molecule has 4 heteroatoms. The van der Waals surface area contributed by atoms with Crippen molar-refractivity contribution in [3.05, 3.63) is 0 Å². The highest BCUT2D eigenvalue weighted by Crippen LogP contribution is 2.77. The van der Waals surface area contributed by atoms with E-state index >= 15 is 0 Å². The zero-order valence-electron chi connectivity index (χ0n) is 22.8. The molecule has 5 fully saturated rings. The van der Waals surface area contributed by atoms with Gasteiger partial charge < -0.3 is 15.3 Å². The number of carbonyl (C=O) groups is 1. The van der Waals surface area contributed by atoms with Gasteiger partial charge in [-0.1, -0.05) is 41.5 Å². The zero-order valence-corrected chi connectivity index (χ0v) is 22.8. The second kappa shape index (κ2) is 7.24. The van der Waals surface area contributed by atoms with E-state index in [1.165, 1.54) is 0 Å². The number of carboxylic acid groups (broad SMARTS) is 1. The molecule has 0 spiro atoms. The third-order valence-electron chi connectivity index (χ3n) is 14.1. The van der Waals surface area contributed by atoms with Crippen LogP contribution in [0, 0.1) is 56.7 Å². The normalized spacial score (nSPS) is 58.6. The van der Waals surface area contributed by atoms with Crippen LogP contribution in [0.3, 0.4) is 0 Å². The lowest BCUT2D eigenvalue weighted by molar-refractivity contribution is -0.277. The standard InChI is InChI=1S/C30H50O4/c1-18-10-15-30(24(32)33)17-16-27(5)19(23(30)29(18,7)34)8-9-21-26(4)13-12-22(31)25(2,3)20(26)11-14-28(21,27)6/h18-23,31,34H,8-17H2,1-7H3,(H,32,33)/t18-,19-,20+,21-,22+,23-,26+,27-,28-,29-,30+/m1/s1. The van der Waals surface area contributed by atoms with Crippen LogP contribution in [0.2, 0.25) is 0 Å². The van der Waals surface area contributed by atoms with Crippen LogP contribution < -0.4 is 0 Å². The number of aliphatic carboxylic acids is 1. The van der Waals surface area contributed by atoms with E-state index in [9.17, 15) is 20.1 Å². The summed E-state index contributed by atoms with van der Waals surface area (Å²) in [7, 11) is 0. The second-order valence-electron chi connectivity index (χ2n) is 15.1. The SMILES string of the molecule is C[C@@H]1CC[C@]2(C(=O)O)CC[C@]3(C)[C@H](CC[C@@H]4[C@@]5(C)CC[C@H](O)C(C)(C)[C@@H]5CC[C@]43C)[C@@H]2[C@]1(C)O. The lowest BCUT2D eigenvalue weighted by Gasteiger charge is -2.74. The molecule has 0 bridgehead atoms. The maximum absolute atomic E-state index is 12.9. The van der Waals surface area contributed by atoms with Gasteiger partial charge in [-0.2, -0.15) is 0 Å². The van der Waals surface area contributed by atoms with E-state index < -0.39 is 17.0 Å². The van der Waals surface area contributed by atoms with Crippen LogP contribution in [0.15, 0.2) is 0 Å². The molecule has 5 saturated carbocycles.